The van der Waals surface area contributed by atoms with Crippen molar-refractivity contribution in [2.45, 2.75) is 26.6 Å². The summed E-state index contributed by atoms with van der Waals surface area (Å²) in [5.74, 6) is 1.16. The normalized spacial score (nSPS) is 14.6. The highest BCUT2D eigenvalue weighted by Crippen LogP contribution is 2.38. The van der Waals surface area contributed by atoms with Crippen LogP contribution in [0.25, 0.3) is 0 Å². The number of nitrogens with zero attached hydrogens (tertiary/aromatic N) is 4. The van der Waals surface area contributed by atoms with Crippen molar-refractivity contribution < 1.29 is 19.2 Å². The fraction of sp³-hybridized carbons (Fsp3) is 0.214. The van der Waals surface area contributed by atoms with Crippen molar-refractivity contribution in [3.05, 3.63) is 105 Å². The third-order valence-corrected chi connectivity index (χ3v) is 6.74. The van der Waals surface area contributed by atoms with Crippen molar-refractivity contribution in [2.75, 3.05) is 24.4 Å². The summed E-state index contributed by atoms with van der Waals surface area (Å²) in [6.45, 7) is 3.56. The summed E-state index contributed by atoms with van der Waals surface area (Å²) in [4.78, 5) is 26.6. The predicted octanol–water partition coefficient (Wildman–Crippen LogP) is 5.24. The molecule has 0 saturated carbocycles. The molecule has 5 rings (SSSR count). The molecule has 0 bridgehead atoms. The van der Waals surface area contributed by atoms with Gasteiger partial charge in [0, 0.05) is 16.9 Å². The van der Waals surface area contributed by atoms with Gasteiger partial charge in [0.25, 0.3) is 5.91 Å². The quantitative estimate of drug-likeness (QED) is 0.265. The van der Waals surface area contributed by atoms with Gasteiger partial charge in [0.2, 0.25) is 0 Å². The standard InChI is InChI=1S/C28H27N5O5/c1-17-26(33(35)36)18(2)31(30-17)16-20-15-19(9-14-25(20)38-4)27-29-24-8-6-5-7-23(24)28(34)32(27)21-10-12-22(37-3)13-11-21/h5-15,27,29H,16H2,1-4H3/t27-/m0/s1. The zero-order valence-corrected chi connectivity index (χ0v) is 21.5. The van der Waals surface area contributed by atoms with Crippen molar-refractivity contribution in [1.82, 2.24) is 9.78 Å². The number of amides is 1. The maximum Gasteiger partial charge on any atom is 0.312 e. The summed E-state index contributed by atoms with van der Waals surface area (Å²) < 4.78 is 12.5. The summed E-state index contributed by atoms with van der Waals surface area (Å²) in [6, 6.07) is 20.4. The summed E-state index contributed by atoms with van der Waals surface area (Å²) in [5, 5.41) is 19.4. The van der Waals surface area contributed by atoms with Gasteiger partial charge in [0.15, 0.2) is 0 Å². The number of carbonyl (C=O) groups excluding carboxylic acids is 1. The van der Waals surface area contributed by atoms with Gasteiger partial charge in [-0.2, -0.15) is 5.10 Å². The van der Waals surface area contributed by atoms with E-state index in [1.807, 2.05) is 60.7 Å². The predicted molar refractivity (Wildman–Crippen MR) is 143 cm³/mol. The zero-order chi connectivity index (χ0) is 27.0. The van der Waals surface area contributed by atoms with Crippen LogP contribution in [0.5, 0.6) is 11.5 Å². The molecule has 10 heteroatoms. The van der Waals surface area contributed by atoms with Crippen molar-refractivity contribution in [3.8, 4) is 11.5 Å². The van der Waals surface area contributed by atoms with Gasteiger partial charge in [-0.25, -0.2) is 0 Å². The first-order valence-corrected chi connectivity index (χ1v) is 12.0. The molecule has 194 valence electrons. The van der Waals surface area contributed by atoms with Crippen molar-refractivity contribution in [1.29, 1.82) is 0 Å². The van der Waals surface area contributed by atoms with Gasteiger partial charge in [-0.1, -0.05) is 18.2 Å². The average Bonchev–Trinajstić information content (AvgIpc) is 3.21. The van der Waals surface area contributed by atoms with Gasteiger partial charge in [-0.3, -0.25) is 24.5 Å². The van der Waals surface area contributed by atoms with Crippen molar-refractivity contribution in [2.24, 2.45) is 0 Å². The molecule has 1 amide bonds. The van der Waals surface area contributed by atoms with Crippen LogP contribution < -0.4 is 19.7 Å². The van der Waals surface area contributed by atoms with E-state index in [1.54, 1.807) is 43.7 Å². The molecule has 0 spiro atoms. The second-order valence-electron chi connectivity index (χ2n) is 8.97. The maximum absolute atomic E-state index is 13.8. The van der Waals surface area contributed by atoms with E-state index in [1.165, 1.54) is 0 Å². The number of nitrogens with one attached hydrogen (secondary N) is 1. The monoisotopic (exact) mass is 513 g/mol. The Labute approximate surface area is 219 Å². The molecule has 4 aromatic rings. The Bertz CT molecular complexity index is 1530. The summed E-state index contributed by atoms with van der Waals surface area (Å²) in [7, 11) is 3.17. The second kappa shape index (κ2) is 9.89. The molecule has 0 aliphatic carbocycles. The van der Waals surface area contributed by atoms with Crippen LogP contribution in [0.15, 0.2) is 66.7 Å². The number of aromatic nitrogens is 2. The average molecular weight is 514 g/mol. The number of hydrogen-bond donors (Lipinski definition) is 1. The van der Waals surface area contributed by atoms with Crippen molar-refractivity contribution in [3.63, 3.8) is 0 Å². The first-order chi connectivity index (χ1) is 18.3. The number of para-hydroxylation sites is 1. The van der Waals surface area contributed by atoms with Crippen LogP contribution in [0.3, 0.4) is 0 Å². The first kappa shape index (κ1) is 24.8. The largest absolute Gasteiger partial charge is 0.497 e. The Morgan fingerprint density at radius 2 is 1.76 bits per heavy atom. The topological polar surface area (TPSA) is 112 Å². The number of anilines is 2. The fourth-order valence-electron chi connectivity index (χ4n) is 4.86. The third-order valence-electron chi connectivity index (χ3n) is 6.74. The van der Waals surface area contributed by atoms with Gasteiger partial charge in [0.1, 0.15) is 29.1 Å². The van der Waals surface area contributed by atoms with Gasteiger partial charge < -0.3 is 14.8 Å². The lowest BCUT2D eigenvalue weighted by atomic mass is 10.0. The number of rotatable bonds is 7. The molecule has 1 aromatic heterocycles. The van der Waals surface area contributed by atoms with E-state index < -0.39 is 11.1 Å². The Morgan fingerprint density at radius 3 is 2.42 bits per heavy atom. The fourth-order valence-corrected chi connectivity index (χ4v) is 4.86. The highest BCUT2D eigenvalue weighted by molar-refractivity contribution is 6.12. The van der Waals surface area contributed by atoms with E-state index in [2.05, 4.69) is 10.4 Å². The minimum Gasteiger partial charge on any atom is -0.497 e. The summed E-state index contributed by atoms with van der Waals surface area (Å²) in [6.07, 6.45) is -0.523. The van der Waals surface area contributed by atoms with E-state index >= 15 is 0 Å². The molecular weight excluding hydrogens is 486 g/mol. The zero-order valence-electron chi connectivity index (χ0n) is 21.5. The molecule has 0 unspecified atom stereocenters. The van der Waals surface area contributed by atoms with Gasteiger partial charge >= 0.3 is 5.69 Å². The molecule has 1 N–H and O–H groups in total. The molecule has 0 radical (unpaired) electrons. The van der Waals surface area contributed by atoms with Crippen LogP contribution in [0.4, 0.5) is 17.1 Å². The maximum atomic E-state index is 13.8. The molecule has 1 aliphatic rings. The number of benzene rings is 3. The smallest absolute Gasteiger partial charge is 0.312 e. The van der Waals surface area contributed by atoms with Gasteiger partial charge in [0.05, 0.1) is 31.3 Å². The lowest BCUT2D eigenvalue weighted by molar-refractivity contribution is -0.386. The van der Waals surface area contributed by atoms with Crippen LogP contribution in [-0.2, 0) is 6.54 Å². The van der Waals surface area contributed by atoms with Gasteiger partial charge in [-0.15, -0.1) is 0 Å². The number of nitro groups is 1. The Morgan fingerprint density at radius 1 is 1.03 bits per heavy atom. The number of ether oxygens (including phenoxy) is 2. The van der Waals surface area contributed by atoms with E-state index in [9.17, 15) is 14.9 Å². The summed E-state index contributed by atoms with van der Waals surface area (Å²) in [5.41, 5.74) is 4.41. The van der Waals surface area contributed by atoms with E-state index in [4.69, 9.17) is 9.47 Å². The van der Waals surface area contributed by atoms with Crippen LogP contribution in [0.1, 0.15) is 39.0 Å². The second-order valence-corrected chi connectivity index (χ2v) is 8.97. The molecule has 0 fully saturated rings. The molecule has 2 heterocycles. The van der Waals surface area contributed by atoms with E-state index in [0.29, 0.717) is 34.1 Å². The number of aryl methyl sites for hydroxylation is 1. The van der Waals surface area contributed by atoms with Crippen LogP contribution >= 0.6 is 0 Å². The molecule has 3 aromatic carbocycles. The number of fused-ring (bicyclic) bond motifs is 1. The molecule has 38 heavy (non-hydrogen) atoms. The van der Waals surface area contributed by atoms with E-state index in [0.717, 1.165) is 16.8 Å². The molecule has 0 saturated heterocycles. The Balaban J connectivity index is 1.59. The number of methoxy groups -OCH3 is 2. The molecule has 10 nitrogen and oxygen atoms in total. The highest BCUT2D eigenvalue weighted by atomic mass is 16.6. The van der Waals surface area contributed by atoms with Crippen LogP contribution in [0, 0.1) is 24.0 Å². The number of hydrogen-bond acceptors (Lipinski definition) is 7. The molecule has 1 atom stereocenters. The third kappa shape index (κ3) is 4.30. The molecular formula is C28H27N5O5. The van der Waals surface area contributed by atoms with E-state index in [-0.39, 0.29) is 18.1 Å². The SMILES string of the molecule is COc1ccc(N2C(=O)c3ccccc3N[C@@H]2c2ccc(OC)c(Cn3nc(C)c([N+](=O)[O-])c3C)c2)cc1. The van der Waals surface area contributed by atoms with Crippen LogP contribution in [0.2, 0.25) is 0 Å². The minimum atomic E-state index is -0.523. The highest BCUT2D eigenvalue weighted by Gasteiger charge is 2.34. The minimum absolute atomic E-state index is 0.00181. The lowest BCUT2D eigenvalue weighted by Crippen LogP contribution is -2.43. The number of carbonyl (C=O) groups is 1. The Kier molecular flexibility index (Phi) is 6.46. The van der Waals surface area contributed by atoms with Crippen molar-refractivity contribution >= 4 is 23.0 Å². The molecule has 1 aliphatic heterocycles. The first-order valence-electron chi connectivity index (χ1n) is 12.0. The van der Waals surface area contributed by atoms with Crippen LogP contribution in [-0.4, -0.2) is 34.8 Å². The lowest BCUT2D eigenvalue weighted by Gasteiger charge is -2.38. The Hall–Kier alpha value is -4.86. The van der Waals surface area contributed by atoms with Gasteiger partial charge in [-0.05, 0) is 67.9 Å². The summed E-state index contributed by atoms with van der Waals surface area (Å²) >= 11 is 0.